The van der Waals surface area contributed by atoms with E-state index in [-0.39, 0.29) is 0 Å². The first-order valence-electron chi connectivity index (χ1n) is 6.79. The van der Waals surface area contributed by atoms with Crippen molar-refractivity contribution >= 4 is 63.8 Å². The molecule has 0 saturated carbocycles. The Labute approximate surface area is 158 Å². The molecule has 4 nitrogen and oxygen atoms in total. The SMILES string of the molecule is Nc1c(Nc2ccc(Cl)cc2Cl)ncnc1Sc1ccc(Cl)cc1. The van der Waals surface area contributed by atoms with E-state index in [9.17, 15) is 0 Å². The van der Waals surface area contributed by atoms with Gasteiger partial charge < -0.3 is 11.1 Å². The van der Waals surface area contributed by atoms with Gasteiger partial charge in [-0.1, -0.05) is 46.6 Å². The molecule has 3 aromatic rings. The number of aromatic nitrogens is 2. The van der Waals surface area contributed by atoms with Crippen LogP contribution in [0.1, 0.15) is 0 Å². The van der Waals surface area contributed by atoms with E-state index >= 15 is 0 Å². The van der Waals surface area contributed by atoms with Crippen LogP contribution >= 0.6 is 46.6 Å². The van der Waals surface area contributed by atoms with Crippen molar-refractivity contribution in [2.24, 2.45) is 0 Å². The lowest BCUT2D eigenvalue weighted by Crippen LogP contribution is -2.02. The molecule has 3 rings (SSSR count). The zero-order valence-corrected chi connectivity index (χ0v) is 15.2. The van der Waals surface area contributed by atoms with Gasteiger partial charge in [0.2, 0.25) is 0 Å². The van der Waals surface area contributed by atoms with Gasteiger partial charge >= 0.3 is 0 Å². The molecule has 0 aliphatic carbocycles. The molecule has 0 aliphatic heterocycles. The second kappa shape index (κ2) is 7.49. The van der Waals surface area contributed by atoms with Crippen LogP contribution in [-0.4, -0.2) is 9.97 Å². The number of nitrogens with one attached hydrogen (secondary N) is 1. The third-order valence-electron chi connectivity index (χ3n) is 3.06. The van der Waals surface area contributed by atoms with E-state index in [2.05, 4.69) is 15.3 Å². The quantitative estimate of drug-likeness (QED) is 0.535. The number of rotatable bonds is 4. The van der Waals surface area contributed by atoms with Crippen LogP contribution in [0.3, 0.4) is 0 Å². The second-order valence-electron chi connectivity index (χ2n) is 4.75. The fourth-order valence-corrected chi connectivity index (χ4v) is 3.28. The summed E-state index contributed by atoms with van der Waals surface area (Å²) in [6, 6.07) is 12.6. The summed E-state index contributed by atoms with van der Waals surface area (Å²) in [6.07, 6.45) is 1.45. The highest BCUT2D eigenvalue weighted by molar-refractivity contribution is 7.99. The zero-order valence-electron chi connectivity index (χ0n) is 12.1. The van der Waals surface area contributed by atoms with Gasteiger partial charge in [0.1, 0.15) is 17.0 Å². The number of benzene rings is 2. The van der Waals surface area contributed by atoms with E-state index in [0.29, 0.717) is 37.3 Å². The van der Waals surface area contributed by atoms with Crippen molar-refractivity contribution in [3.8, 4) is 0 Å². The molecule has 1 aromatic heterocycles. The predicted octanol–water partition coefficient (Wildman–Crippen LogP) is 5.91. The minimum atomic E-state index is 0.434. The average molecular weight is 398 g/mol. The number of halogens is 3. The highest BCUT2D eigenvalue weighted by atomic mass is 35.5. The van der Waals surface area contributed by atoms with Crippen molar-refractivity contribution < 1.29 is 0 Å². The standard InChI is InChI=1S/C16H11Cl3N4S/c17-9-1-4-11(5-2-9)24-16-14(20)15(21-8-22-16)23-13-6-3-10(18)7-12(13)19/h1-8H,20H2,(H,21,22,23). The number of nitrogens with two attached hydrogens (primary N) is 1. The largest absolute Gasteiger partial charge is 0.394 e. The van der Waals surface area contributed by atoms with Gasteiger partial charge in [-0.05, 0) is 42.5 Å². The van der Waals surface area contributed by atoms with Crippen molar-refractivity contribution in [3.63, 3.8) is 0 Å². The highest BCUT2D eigenvalue weighted by Gasteiger charge is 2.11. The number of nitrogen functional groups attached to an aromatic ring is 1. The number of hydrogen-bond acceptors (Lipinski definition) is 5. The van der Waals surface area contributed by atoms with Gasteiger partial charge in [-0.2, -0.15) is 0 Å². The minimum absolute atomic E-state index is 0.434. The lowest BCUT2D eigenvalue weighted by Gasteiger charge is -2.12. The van der Waals surface area contributed by atoms with Crippen molar-refractivity contribution in [1.29, 1.82) is 0 Å². The van der Waals surface area contributed by atoms with Crippen LogP contribution in [0.4, 0.5) is 17.2 Å². The van der Waals surface area contributed by atoms with E-state index in [1.165, 1.54) is 18.1 Å². The molecule has 0 atom stereocenters. The monoisotopic (exact) mass is 396 g/mol. The van der Waals surface area contributed by atoms with Gasteiger partial charge in [0.25, 0.3) is 0 Å². The Balaban J connectivity index is 1.86. The van der Waals surface area contributed by atoms with Crippen molar-refractivity contribution in [3.05, 3.63) is 63.9 Å². The maximum Gasteiger partial charge on any atom is 0.158 e. The van der Waals surface area contributed by atoms with Crippen LogP contribution in [0.15, 0.2) is 58.7 Å². The maximum atomic E-state index is 6.19. The average Bonchev–Trinajstić information content (AvgIpc) is 2.55. The van der Waals surface area contributed by atoms with E-state index in [1.54, 1.807) is 18.2 Å². The summed E-state index contributed by atoms with van der Waals surface area (Å²) >= 11 is 19.4. The van der Waals surface area contributed by atoms with Gasteiger partial charge in [-0.25, -0.2) is 9.97 Å². The van der Waals surface area contributed by atoms with Crippen LogP contribution in [0.25, 0.3) is 0 Å². The van der Waals surface area contributed by atoms with Crippen LogP contribution in [0, 0.1) is 0 Å². The van der Waals surface area contributed by atoms with E-state index in [1.807, 2.05) is 24.3 Å². The molecule has 0 bridgehead atoms. The number of nitrogens with zero attached hydrogens (tertiary/aromatic N) is 2. The summed E-state index contributed by atoms with van der Waals surface area (Å²) < 4.78 is 0. The fourth-order valence-electron chi connectivity index (χ4n) is 1.89. The Morgan fingerprint density at radius 2 is 1.62 bits per heavy atom. The van der Waals surface area contributed by atoms with E-state index < -0.39 is 0 Å². The molecular weight excluding hydrogens is 387 g/mol. The minimum Gasteiger partial charge on any atom is -0.394 e. The first-order chi connectivity index (χ1) is 11.5. The second-order valence-corrected chi connectivity index (χ2v) is 7.09. The third kappa shape index (κ3) is 4.05. The Kier molecular flexibility index (Phi) is 5.36. The molecule has 0 fully saturated rings. The van der Waals surface area contributed by atoms with E-state index in [4.69, 9.17) is 40.5 Å². The van der Waals surface area contributed by atoms with Crippen LogP contribution < -0.4 is 11.1 Å². The lowest BCUT2D eigenvalue weighted by molar-refractivity contribution is 1.06. The molecule has 3 N–H and O–H groups in total. The predicted molar refractivity (Wildman–Crippen MR) is 102 cm³/mol. The molecule has 8 heteroatoms. The molecule has 2 aromatic carbocycles. The molecule has 0 unspecified atom stereocenters. The van der Waals surface area contributed by atoms with Crippen LogP contribution in [0.5, 0.6) is 0 Å². The molecule has 0 spiro atoms. The number of hydrogen-bond donors (Lipinski definition) is 2. The Bertz CT molecular complexity index is 872. The molecule has 1 heterocycles. The molecule has 0 radical (unpaired) electrons. The van der Waals surface area contributed by atoms with Crippen LogP contribution in [0.2, 0.25) is 15.1 Å². The first-order valence-corrected chi connectivity index (χ1v) is 8.74. The Hall–Kier alpha value is -1.66. The van der Waals surface area contributed by atoms with Gasteiger partial charge in [-0.15, -0.1) is 0 Å². The Morgan fingerprint density at radius 1 is 0.917 bits per heavy atom. The molecule has 0 aliphatic rings. The van der Waals surface area contributed by atoms with Gasteiger partial charge in [-0.3, -0.25) is 0 Å². The molecular formula is C16H11Cl3N4S. The summed E-state index contributed by atoms with van der Waals surface area (Å²) in [5, 5.41) is 5.45. The summed E-state index contributed by atoms with van der Waals surface area (Å²) in [7, 11) is 0. The van der Waals surface area contributed by atoms with Gasteiger partial charge in [0.15, 0.2) is 5.82 Å². The normalized spacial score (nSPS) is 10.6. The summed E-state index contributed by atoms with van der Waals surface area (Å²) in [5.74, 6) is 0.477. The fraction of sp³-hybridized carbons (Fsp3) is 0. The Morgan fingerprint density at radius 3 is 2.33 bits per heavy atom. The smallest absolute Gasteiger partial charge is 0.158 e. The molecule has 0 amide bonds. The highest BCUT2D eigenvalue weighted by Crippen LogP contribution is 2.35. The van der Waals surface area contributed by atoms with Gasteiger partial charge in [0, 0.05) is 14.9 Å². The maximum absolute atomic E-state index is 6.19. The molecule has 24 heavy (non-hydrogen) atoms. The van der Waals surface area contributed by atoms with Crippen molar-refractivity contribution in [1.82, 2.24) is 9.97 Å². The summed E-state index contributed by atoms with van der Waals surface area (Å²) in [5.41, 5.74) is 7.28. The van der Waals surface area contributed by atoms with Crippen LogP contribution in [-0.2, 0) is 0 Å². The lowest BCUT2D eigenvalue weighted by atomic mass is 10.3. The number of anilines is 3. The summed E-state index contributed by atoms with van der Waals surface area (Å²) in [4.78, 5) is 9.39. The first kappa shape index (κ1) is 17.2. The van der Waals surface area contributed by atoms with Crippen molar-refractivity contribution in [2.45, 2.75) is 9.92 Å². The third-order valence-corrected chi connectivity index (χ3v) is 4.89. The van der Waals surface area contributed by atoms with Crippen molar-refractivity contribution in [2.75, 3.05) is 11.1 Å². The topological polar surface area (TPSA) is 63.8 Å². The zero-order chi connectivity index (χ0) is 17.1. The molecule has 0 saturated heterocycles. The molecule has 122 valence electrons. The van der Waals surface area contributed by atoms with Gasteiger partial charge in [0.05, 0.1) is 10.7 Å². The summed E-state index contributed by atoms with van der Waals surface area (Å²) in [6.45, 7) is 0. The van der Waals surface area contributed by atoms with E-state index in [0.717, 1.165) is 4.90 Å².